The fourth-order valence-corrected chi connectivity index (χ4v) is 4.15. The zero-order valence-corrected chi connectivity index (χ0v) is 17.4. The molecule has 10 nitrogen and oxygen atoms in total. The molecule has 2 aromatic heterocycles. The number of nitrogens with zero attached hydrogens (tertiary/aromatic N) is 6. The van der Waals surface area contributed by atoms with Crippen LogP contribution in [0.1, 0.15) is 40.9 Å². The Morgan fingerprint density at radius 3 is 2.90 bits per heavy atom. The van der Waals surface area contributed by atoms with Gasteiger partial charge in [-0.1, -0.05) is 12.1 Å². The molecule has 0 saturated heterocycles. The van der Waals surface area contributed by atoms with Gasteiger partial charge in [-0.2, -0.15) is 5.10 Å². The SMILES string of the molecule is CN1C(=O)[C@@H](NC(=O)c2nc3n(n2)[C@@H](c2cnn(C)c2)CCC3)COc2ccccc21. The van der Waals surface area contributed by atoms with Gasteiger partial charge in [-0.05, 0) is 25.0 Å². The van der Waals surface area contributed by atoms with Crippen molar-refractivity contribution in [2.75, 3.05) is 18.6 Å². The van der Waals surface area contributed by atoms with E-state index in [9.17, 15) is 9.59 Å². The minimum absolute atomic E-state index is 0.00465. The van der Waals surface area contributed by atoms with Gasteiger partial charge in [0.25, 0.3) is 11.8 Å². The number of nitrogens with one attached hydrogen (secondary N) is 1. The summed E-state index contributed by atoms with van der Waals surface area (Å²) in [5.74, 6) is 0.676. The normalized spacial score (nSPS) is 20.5. The summed E-state index contributed by atoms with van der Waals surface area (Å²) in [4.78, 5) is 31.8. The molecule has 5 rings (SSSR count). The fraction of sp³-hybridized carbons (Fsp3) is 0.381. The molecule has 0 bridgehead atoms. The highest BCUT2D eigenvalue weighted by Crippen LogP contribution is 2.31. The molecular formula is C21H23N7O3. The standard InChI is InChI=1S/C21H23N7O3/c1-26-11-13(10-22-26)15-7-5-9-18-24-19(25-28(15)18)20(29)23-14-12-31-17-8-4-3-6-16(17)27(2)21(14)30/h3-4,6,8,10-11,14-15H,5,7,9,12H2,1-2H3,(H,23,29)/t14-,15+/m0/s1. The van der Waals surface area contributed by atoms with Crippen LogP contribution < -0.4 is 15.0 Å². The maximum atomic E-state index is 12.9. The fourth-order valence-electron chi connectivity index (χ4n) is 4.15. The first-order chi connectivity index (χ1) is 15.0. The van der Waals surface area contributed by atoms with E-state index in [1.54, 1.807) is 23.9 Å². The molecule has 1 aromatic carbocycles. The van der Waals surface area contributed by atoms with Gasteiger partial charge in [0, 0.05) is 32.3 Å². The van der Waals surface area contributed by atoms with Crippen molar-refractivity contribution in [2.45, 2.75) is 31.3 Å². The van der Waals surface area contributed by atoms with Gasteiger partial charge in [0.05, 0.1) is 17.9 Å². The third kappa shape index (κ3) is 3.43. The average Bonchev–Trinajstić information content (AvgIpc) is 3.39. The number of fused-ring (bicyclic) bond motifs is 2. The lowest BCUT2D eigenvalue weighted by Gasteiger charge is -2.22. The smallest absolute Gasteiger partial charge is 0.291 e. The highest BCUT2D eigenvalue weighted by atomic mass is 16.5. The van der Waals surface area contributed by atoms with Gasteiger partial charge in [-0.3, -0.25) is 14.3 Å². The van der Waals surface area contributed by atoms with Crippen molar-refractivity contribution < 1.29 is 14.3 Å². The molecule has 0 unspecified atom stereocenters. The van der Waals surface area contributed by atoms with Crippen LogP contribution in [0, 0.1) is 0 Å². The summed E-state index contributed by atoms with van der Waals surface area (Å²) in [6.45, 7) is 0.0395. The number of rotatable bonds is 3. The summed E-state index contributed by atoms with van der Waals surface area (Å²) in [5, 5.41) is 11.5. The molecule has 160 valence electrons. The quantitative estimate of drug-likeness (QED) is 0.679. The van der Waals surface area contributed by atoms with Gasteiger partial charge < -0.3 is 15.0 Å². The molecule has 0 spiro atoms. The molecule has 0 saturated carbocycles. The first-order valence-electron chi connectivity index (χ1n) is 10.3. The Bertz CT molecular complexity index is 1150. The van der Waals surface area contributed by atoms with Crippen LogP contribution in [0.5, 0.6) is 5.75 Å². The molecule has 0 fully saturated rings. The topological polar surface area (TPSA) is 107 Å². The van der Waals surface area contributed by atoms with Gasteiger partial charge in [0.2, 0.25) is 5.82 Å². The van der Waals surface area contributed by atoms with Crippen molar-refractivity contribution in [1.29, 1.82) is 0 Å². The summed E-state index contributed by atoms with van der Waals surface area (Å²) < 4.78 is 9.32. The van der Waals surface area contributed by atoms with E-state index in [4.69, 9.17) is 4.74 Å². The summed E-state index contributed by atoms with van der Waals surface area (Å²) in [7, 11) is 3.54. The van der Waals surface area contributed by atoms with E-state index in [0.717, 1.165) is 30.7 Å². The largest absolute Gasteiger partial charge is 0.489 e. The molecule has 31 heavy (non-hydrogen) atoms. The predicted molar refractivity (Wildman–Crippen MR) is 111 cm³/mol. The van der Waals surface area contributed by atoms with Gasteiger partial charge in [-0.25, -0.2) is 9.67 Å². The number of hydrogen-bond acceptors (Lipinski definition) is 6. The van der Waals surface area contributed by atoms with Crippen LogP contribution in [-0.4, -0.2) is 56.1 Å². The van der Waals surface area contributed by atoms with Crippen molar-refractivity contribution in [2.24, 2.45) is 7.05 Å². The van der Waals surface area contributed by atoms with Crippen molar-refractivity contribution >= 4 is 17.5 Å². The van der Waals surface area contributed by atoms with E-state index in [0.29, 0.717) is 11.4 Å². The first-order valence-corrected chi connectivity index (χ1v) is 10.3. The zero-order chi connectivity index (χ0) is 21.5. The third-order valence-electron chi connectivity index (χ3n) is 5.75. The first kappa shape index (κ1) is 19.3. The second kappa shape index (κ2) is 7.53. The van der Waals surface area contributed by atoms with Crippen molar-refractivity contribution in [3.05, 3.63) is 53.9 Å². The van der Waals surface area contributed by atoms with Crippen LogP contribution in [0.25, 0.3) is 0 Å². The number of hydrogen-bond donors (Lipinski definition) is 1. The van der Waals surface area contributed by atoms with Crippen LogP contribution in [0.15, 0.2) is 36.7 Å². The second-order valence-electron chi connectivity index (χ2n) is 7.85. The number of para-hydroxylation sites is 2. The summed E-state index contributed by atoms with van der Waals surface area (Å²) in [6, 6.07) is 6.44. The van der Waals surface area contributed by atoms with E-state index in [-0.39, 0.29) is 24.4 Å². The number of anilines is 1. The lowest BCUT2D eigenvalue weighted by atomic mass is 10.0. The molecule has 2 amide bonds. The summed E-state index contributed by atoms with van der Waals surface area (Å²) in [6.07, 6.45) is 6.38. The Labute approximate surface area is 178 Å². The Balaban J connectivity index is 1.36. The van der Waals surface area contributed by atoms with Crippen molar-refractivity contribution in [3.8, 4) is 5.75 Å². The lowest BCUT2D eigenvalue weighted by Crippen LogP contribution is -2.49. The molecular weight excluding hydrogens is 398 g/mol. The average molecular weight is 421 g/mol. The zero-order valence-electron chi connectivity index (χ0n) is 17.4. The number of amides is 2. The maximum Gasteiger partial charge on any atom is 0.291 e. The lowest BCUT2D eigenvalue weighted by molar-refractivity contribution is -0.120. The van der Waals surface area contributed by atoms with Gasteiger partial charge in [-0.15, -0.1) is 5.10 Å². The maximum absolute atomic E-state index is 12.9. The number of benzene rings is 1. The molecule has 4 heterocycles. The Kier molecular flexibility index (Phi) is 4.68. The molecule has 1 N–H and O–H groups in total. The van der Waals surface area contributed by atoms with E-state index in [1.807, 2.05) is 36.3 Å². The third-order valence-corrected chi connectivity index (χ3v) is 5.75. The monoisotopic (exact) mass is 421 g/mol. The Morgan fingerprint density at radius 2 is 2.10 bits per heavy atom. The van der Waals surface area contributed by atoms with Crippen molar-refractivity contribution in [3.63, 3.8) is 0 Å². The van der Waals surface area contributed by atoms with Crippen LogP contribution in [-0.2, 0) is 18.3 Å². The number of carbonyl (C=O) groups is 2. The molecule has 0 aliphatic carbocycles. The number of aromatic nitrogens is 5. The predicted octanol–water partition coefficient (Wildman–Crippen LogP) is 1.09. The highest BCUT2D eigenvalue weighted by Gasteiger charge is 2.33. The van der Waals surface area contributed by atoms with E-state index in [1.165, 1.54) is 4.90 Å². The van der Waals surface area contributed by atoms with Crippen LogP contribution in [0.2, 0.25) is 0 Å². The molecule has 10 heteroatoms. The van der Waals surface area contributed by atoms with Gasteiger partial charge >= 0.3 is 0 Å². The molecule has 3 aromatic rings. The van der Waals surface area contributed by atoms with Gasteiger partial charge in [0.1, 0.15) is 24.2 Å². The van der Waals surface area contributed by atoms with Gasteiger partial charge in [0.15, 0.2) is 0 Å². The number of aryl methyl sites for hydroxylation is 2. The Hall–Kier alpha value is -3.69. The van der Waals surface area contributed by atoms with E-state index < -0.39 is 11.9 Å². The van der Waals surface area contributed by atoms with Crippen LogP contribution in [0.3, 0.4) is 0 Å². The number of likely N-dealkylation sites (N-methyl/N-ethyl adjacent to an activating group) is 1. The minimum Gasteiger partial charge on any atom is -0.489 e. The highest BCUT2D eigenvalue weighted by molar-refractivity contribution is 6.02. The van der Waals surface area contributed by atoms with Crippen LogP contribution in [0.4, 0.5) is 5.69 Å². The number of carbonyl (C=O) groups excluding carboxylic acids is 2. The molecule has 2 aliphatic heterocycles. The van der Waals surface area contributed by atoms with Crippen LogP contribution >= 0.6 is 0 Å². The summed E-state index contributed by atoms with van der Waals surface area (Å²) in [5.41, 5.74) is 1.70. The van der Waals surface area contributed by atoms with E-state index in [2.05, 4.69) is 20.5 Å². The molecule has 0 radical (unpaired) electrons. The second-order valence-corrected chi connectivity index (χ2v) is 7.85. The minimum atomic E-state index is -0.834. The summed E-state index contributed by atoms with van der Waals surface area (Å²) >= 11 is 0. The molecule has 2 aliphatic rings. The molecule has 2 atom stereocenters. The van der Waals surface area contributed by atoms with Crippen molar-refractivity contribution in [1.82, 2.24) is 29.9 Å². The van der Waals surface area contributed by atoms with E-state index >= 15 is 0 Å². The number of ether oxygens (including phenoxy) is 1. The Morgan fingerprint density at radius 1 is 1.26 bits per heavy atom.